The topological polar surface area (TPSA) is 78.0 Å². The monoisotopic (exact) mass is 392 g/mol. The summed E-state index contributed by atoms with van der Waals surface area (Å²) in [4.78, 5) is 22.6. The number of amides is 1. The van der Waals surface area contributed by atoms with Crippen LogP contribution in [0.1, 0.15) is 12.8 Å². The van der Waals surface area contributed by atoms with Gasteiger partial charge in [-0.25, -0.2) is 4.98 Å². The van der Waals surface area contributed by atoms with Gasteiger partial charge in [-0.15, -0.1) is 5.10 Å². The Morgan fingerprint density at radius 1 is 1.32 bits per heavy atom. The van der Waals surface area contributed by atoms with Crippen molar-refractivity contribution in [2.75, 3.05) is 31.6 Å². The van der Waals surface area contributed by atoms with Crippen LogP contribution in [0, 0.1) is 5.92 Å². The minimum absolute atomic E-state index is 0.416. The van der Waals surface area contributed by atoms with Gasteiger partial charge in [0, 0.05) is 54.6 Å². The molecule has 3 aromatic rings. The largest absolute Gasteiger partial charge is 0.406 e. The first-order valence-electron chi connectivity index (χ1n) is 8.97. The molecule has 1 aliphatic heterocycles. The zero-order valence-corrected chi connectivity index (χ0v) is 15.2. The summed E-state index contributed by atoms with van der Waals surface area (Å²) in [5.41, 5.74) is 0.751. The number of hydrogen-bond donors (Lipinski definition) is 1. The molecular weight excluding hydrogens is 373 g/mol. The molecule has 0 unspecified atom stereocenters. The van der Waals surface area contributed by atoms with Gasteiger partial charge in [0.05, 0.1) is 6.20 Å². The van der Waals surface area contributed by atoms with E-state index in [1.165, 1.54) is 7.05 Å². The van der Waals surface area contributed by atoms with E-state index in [-0.39, 0.29) is 0 Å². The van der Waals surface area contributed by atoms with Crippen molar-refractivity contribution in [2.24, 2.45) is 5.92 Å². The quantitative estimate of drug-likeness (QED) is 0.742. The molecule has 0 saturated carbocycles. The van der Waals surface area contributed by atoms with E-state index in [2.05, 4.69) is 20.2 Å². The second-order valence-corrected chi connectivity index (χ2v) is 7.07. The lowest BCUT2D eigenvalue weighted by Crippen LogP contribution is -2.44. The number of rotatable bonds is 3. The third kappa shape index (κ3) is 3.46. The number of aromatic amines is 1. The maximum Gasteiger partial charge on any atom is 0.406 e. The number of nitrogens with one attached hydrogen (secondary N) is 1. The van der Waals surface area contributed by atoms with E-state index >= 15 is 0 Å². The average Bonchev–Trinajstić information content (AvgIpc) is 3.15. The number of pyridine rings is 1. The van der Waals surface area contributed by atoms with Gasteiger partial charge in [-0.05, 0) is 18.9 Å². The molecule has 1 saturated heterocycles. The van der Waals surface area contributed by atoms with E-state index in [0.717, 1.165) is 26.7 Å². The highest BCUT2D eigenvalue weighted by Crippen LogP contribution is 2.32. The molecule has 0 atom stereocenters. The highest BCUT2D eigenvalue weighted by Gasteiger charge is 2.35. The number of nitrogens with zero attached hydrogens (tertiary/aromatic N) is 5. The summed E-state index contributed by atoms with van der Waals surface area (Å²) in [5, 5.41) is 11.1. The van der Waals surface area contributed by atoms with Crippen LogP contribution in [0.4, 0.5) is 19.0 Å². The van der Waals surface area contributed by atoms with Crippen molar-refractivity contribution in [1.82, 2.24) is 25.1 Å². The number of anilines is 1. The van der Waals surface area contributed by atoms with Crippen LogP contribution in [-0.4, -0.2) is 63.8 Å². The number of carbonyl (C=O) groups is 1. The molecule has 1 N–H and O–H groups in total. The van der Waals surface area contributed by atoms with E-state index in [9.17, 15) is 18.0 Å². The lowest BCUT2D eigenvalue weighted by Gasteiger charge is -2.34. The first-order valence-corrected chi connectivity index (χ1v) is 8.97. The Kier molecular flexibility index (Phi) is 4.56. The Labute approximate surface area is 158 Å². The maximum atomic E-state index is 12.5. The molecule has 0 bridgehead atoms. The molecule has 4 rings (SSSR count). The number of carbonyl (C=O) groups excluding carboxylic acids is 1. The molecule has 0 radical (unpaired) electrons. The zero-order chi connectivity index (χ0) is 19.9. The highest BCUT2D eigenvalue weighted by atomic mass is 19.4. The number of hydrogen-bond acceptors (Lipinski definition) is 5. The number of alkyl halides is 3. The van der Waals surface area contributed by atoms with E-state index in [0.29, 0.717) is 31.7 Å². The normalized spacial score (nSPS) is 16.1. The second-order valence-electron chi connectivity index (χ2n) is 7.07. The molecule has 4 heterocycles. The number of H-pyrrole nitrogens is 1. The smallest absolute Gasteiger partial charge is 0.355 e. The molecule has 1 amide bonds. The number of aromatic nitrogens is 4. The Bertz CT molecular complexity index is 1010. The van der Waals surface area contributed by atoms with Crippen molar-refractivity contribution < 1.29 is 18.0 Å². The number of fused-ring (bicyclic) bond motifs is 3. The molecule has 7 nitrogen and oxygen atoms in total. The van der Waals surface area contributed by atoms with E-state index in [4.69, 9.17) is 0 Å². The summed E-state index contributed by atoms with van der Waals surface area (Å²) >= 11 is 0. The summed E-state index contributed by atoms with van der Waals surface area (Å²) in [6.45, 7) is -0.171. The van der Waals surface area contributed by atoms with Crippen molar-refractivity contribution in [1.29, 1.82) is 0 Å². The Morgan fingerprint density at radius 3 is 2.79 bits per heavy atom. The van der Waals surface area contributed by atoms with E-state index < -0.39 is 24.5 Å². The van der Waals surface area contributed by atoms with Crippen LogP contribution in [0.5, 0.6) is 0 Å². The van der Waals surface area contributed by atoms with Crippen LogP contribution >= 0.6 is 0 Å². The van der Waals surface area contributed by atoms with E-state index in [1.54, 1.807) is 12.4 Å². The van der Waals surface area contributed by atoms with Crippen LogP contribution < -0.4 is 4.90 Å². The van der Waals surface area contributed by atoms with Gasteiger partial charge in [-0.2, -0.15) is 18.3 Å². The standard InChI is InChI=1S/C18H19F3N6O/c1-26(10-18(19,20)21)17(28)11-3-6-27(7-4-11)16-14-12(9-24-25-16)8-23-15-13(14)2-5-22-15/h2,5,8-9,11H,3-4,6-7,10H2,1H3,(H,22,23). The molecule has 3 aromatic heterocycles. The van der Waals surface area contributed by atoms with E-state index in [1.807, 2.05) is 17.2 Å². The SMILES string of the molecule is CN(CC(F)(F)F)C(=O)C1CCN(c2nncc3cnc4[nH]ccc4c23)CC1. The summed E-state index contributed by atoms with van der Waals surface area (Å²) in [5.74, 6) is -0.169. The van der Waals surface area contributed by atoms with Gasteiger partial charge in [0.25, 0.3) is 0 Å². The Balaban J connectivity index is 1.53. The predicted molar refractivity (Wildman–Crippen MR) is 97.8 cm³/mol. The third-order valence-electron chi connectivity index (χ3n) is 5.13. The Morgan fingerprint density at radius 2 is 2.07 bits per heavy atom. The van der Waals surface area contributed by atoms with Gasteiger partial charge in [-0.3, -0.25) is 4.79 Å². The molecule has 1 fully saturated rings. The maximum absolute atomic E-state index is 12.5. The number of halogens is 3. The van der Waals surface area contributed by atoms with Crippen LogP contribution in [0.2, 0.25) is 0 Å². The molecule has 0 aromatic carbocycles. The summed E-state index contributed by atoms with van der Waals surface area (Å²) in [6, 6.07) is 1.93. The molecule has 10 heteroatoms. The van der Waals surface area contributed by atoms with Crippen LogP contribution in [0.3, 0.4) is 0 Å². The summed E-state index contributed by atoms with van der Waals surface area (Å²) < 4.78 is 37.6. The fourth-order valence-electron chi connectivity index (χ4n) is 3.78. The summed E-state index contributed by atoms with van der Waals surface area (Å²) in [6.07, 6.45) is 1.75. The van der Waals surface area contributed by atoms with Gasteiger partial charge < -0.3 is 14.8 Å². The minimum atomic E-state index is -4.39. The molecule has 148 valence electrons. The van der Waals surface area contributed by atoms with Crippen LogP contribution in [0.15, 0.2) is 24.7 Å². The van der Waals surface area contributed by atoms with Gasteiger partial charge in [0.15, 0.2) is 5.82 Å². The molecule has 28 heavy (non-hydrogen) atoms. The third-order valence-corrected chi connectivity index (χ3v) is 5.13. The van der Waals surface area contributed by atoms with Crippen molar-refractivity contribution >= 4 is 33.5 Å². The second kappa shape index (κ2) is 6.92. The van der Waals surface area contributed by atoms with Crippen LogP contribution in [0.25, 0.3) is 21.8 Å². The van der Waals surface area contributed by atoms with Crippen molar-refractivity contribution in [2.45, 2.75) is 19.0 Å². The molecule has 0 aliphatic carbocycles. The fraction of sp³-hybridized carbons (Fsp3) is 0.444. The van der Waals surface area contributed by atoms with Crippen molar-refractivity contribution in [3.05, 3.63) is 24.7 Å². The van der Waals surface area contributed by atoms with Crippen LogP contribution in [-0.2, 0) is 4.79 Å². The Hall–Kier alpha value is -2.91. The lowest BCUT2D eigenvalue weighted by atomic mass is 9.95. The fourth-order valence-corrected chi connectivity index (χ4v) is 3.78. The molecular formula is C18H19F3N6O. The number of piperidine rings is 1. The predicted octanol–water partition coefficient (Wildman–Crippen LogP) is 2.74. The first-order chi connectivity index (χ1) is 13.3. The van der Waals surface area contributed by atoms with Gasteiger partial charge in [-0.1, -0.05) is 0 Å². The van der Waals surface area contributed by atoms with Gasteiger partial charge >= 0.3 is 6.18 Å². The minimum Gasteiger partial charge on any atom is -0.355 e. The van der Waals surface area contributed by atoms with Gasteiger partial charge in [0.2, 0.25) is 5.91 Å². The lowest BCUT2D eigenvalue weighted by molar-refractivity contribution is -0.161. The average molecular weight is 392 g/mol. The highest BCUT2D eigenvalue weighted by molar-refractivity contribution is 6.09. The molecule has 1 aliphatic rings. The molecule has 0 spiro atoms. The zero-order valence-electron chi connectivity index (χ0n) is 15.2. The summed E-state index contributed by atoms with van der Waals surface area (Å²) in [7, 11) is 1.20. The first kappa shape index (κ1) is 18.5. The van der Waals surface area contributed by atoms with Crippen molar-refractivity contribution in [3.8, 4) is 0 Å². The van der Waals surface area contributed by atoms with Crippen molar-refractivity contribution in [3.63, 3.8) is 0 Å². The van der Waals surface area contributed by atoms with Gasteiger partial charge in [0.1, 0.15) is 12.2 Å².